The molecule has 1 aliphatic rings. The van der Waals surface area contributed by atoms with Gasteiger partial charge in [0.25, 0.3) is 6.47 Å². The van der Waals surface area contributed by atoms with Crippen molar-refractivity contribution in [2.45, 2.75) is 50.2 Å². The second kappa shape index (κ2) is 13.3. The summed E-state index contributed by atoms with van der Waals surface area (Å²) in [5.41, 5.74) is 4.11. The summed E-state index contributed by atoms with van der Waals surface area (Å²) in [5.74, 6) is 0.936. The highest BCUT2D eigenvalue weighted by molar-refractivity contribution is 7.98. The van der Waals surface area contributed by atoms with Crippen LogP contribution in [0.3, 0.4) is 0 Å². The van der Waals surface area contributed by atoms with Gasteiger partial charge in [-0.05, 0) is 70.7 Å². The van der Waals surface area contributed by atoms with Crippen molar-refractivity contribution in [1.29, 1.82) is 0 Å². The molecule has 9 nitrogen and oxygen atoms in total. The maximum absolute atomic E-state index is 9.60. The first-order chi connectivity index (χ1) is 15.3. The van der Waals surface area contributed by atoms with E-state index in [1.807, 2.05) is 20.8 Å². The van der Waals surface area contributed by atoms with Crippen LogP contribution in [-0.2, 0) is 16.6 Å². The van der Waals surface area contributed by atoms with Crippen molar-refractivity contribution in [1.82, 2.24) is 19.9 Å². The summed E-state index contributed by atoms with van der Waals surface area (Å²) in [7, 11) is 2.07. The third-order valence-corrected chi connectivity index (χ3v) is 5.98. The SMILES string of the molecule is CC(C)(C)OC=O.CSc1ccc(-c2cn(C)c3c(NC4CCNCC4)ncnc23)cc1.O.O. The van der Waals surface area contributed by atoms with Gasteiger partial charge in [0.15, 0.2) is 5.82 Å². The minimum absolute atomic E-state index is 0. The number of carbonyl (C=O) groups excluding carboxylic acids is 1. The summed E-state index contributed by atoms with van der Waals surface area (Å²) in [6, 6.07) is 9.13. The Balaban J connectivity index is 0.000000567. The highest BCUT2D eigenvalue weighted by Gasteiger charge is 2.18. The number of anilines is 1. The first kappa shape index (κ1) is 29.4. The van der Waals surface area contributed by atoms with Crippen molar-refractivity contribution in [3.05, 3.63) is 36.8 Å². The summed E-state index contributed by atoms with van der Waals surface area (Å²) in [6.07, 6.45) is 8.17. The third kappa shape index (κ3) is 7.69. The number of aryl methyl sites for hydroxylation is 1. The van der Waals surface area contributed by atoms with Crippen LogP contribution >= 0.6 is 11.8 Å². The Hall–Kier alpha value is -2.66. The molecule has 10 heteroatoms. The molecule has 2 aromatic heterocycles. The number of thioether (sulfide) groups is 1. The summed E-state index contributed by atoms with van der Waals surface area (Å²) in [6.45, 7) is 8.04. The molecule has 1 saturated heterocycles. The molecule has 0 spiro atoms. The van der Waals surface area contributed by atoms with Gasteiger partial charge in [0.2, 0.25) is 0 Å². The van der Waals surface area contributed by atoms with Crippen molar-refractivity contribution in [3.8, 4) is 11.1 Å². The second-order valence-corrected chi connectivity index (χ2v) is 9.68. The fourth-order valence-corrected chi connectivity index (χ4v) is 4.03. The van der Waals surface area contributed by atoms with Crippen LogP contribution in [0.2, 0.25) is 0 Å². The topological polar surface area (TPSA) is 144 Å². The molecule has 0 unspecified atom stereocenters. The molecular formula is C24H37N5O4S. The fourth-order valence-electron chi connectivity index (χ4n) is 3.62. The molecule has 1 fully saturated rings. The van der Waals surface area contributed by atoms with Crippen molar-refractivity contribution in [2.75, 3.05) is 24.7 Å². The first-order valence-electron chi connectivity index (χ1n) is 10.9. The van der Waals surface area contributed by atoms with E-state index in [0.29, 0.717) is 12.5 Å². The van der Waals surface area contributed by atoms with Gasteiger partial charge in [-0.3, -0.25) is 4.79 Å². The maximum atomic E-state index is 9.60. The number of aromatic nitrogens is 3. The van der Waals surface area contributed by atoms with Crippen LogP contribution in [0.5, 0.6) is 0 Å². The zero-order chi connectivity index (χ0) is 23.1. The number of ether oxygens (including phenoxy) is 1. The van der Waals surface area contributed by atoms with Crippen LogP contribution in [0.4, 0.5) is 5.82 Å². The molecule has 0 atom stereocenters. The molecule has 6 N–H and O–H groups in total. The molecule has 1 aromatic carbocycles. The van der Waals surface area contributed by atoms with Gasteiger partial charge in [0.05, 0.1) is 0 Å². The fraction of sp³-hybridized carbons (Fsp3) is 0.458. The Bertz CT molecular complexity index is 1030. The predicted molar refractivity (Wildman–Crippen MR) is 139 cm³/mol. The summed E-state index contributed by atoms with van der Waals surface area (Å²) < 4.78 is 6.68. The summed E-state index contributed by atoms with van der Waals surface area (Å²) in [4.78, 5) is 20.0. The number of fused-ring (bicyclic) bond motifs is 1. The van der Waals surface area contributed by atoms with Gasteiger partial charge in [-0.15, -0.1) is 11.8 Å². The molecular weight excluding hydrogens is 454 g/mol. The van der Waals surface area contributed by atoms with Crippen molar-refractivity contribution in [3.63, 3.8) is 0 Å². The smallest absolute Gasteiger partial charge is 0.293 e. The Kier molecular flexibility index (Phi) is 11.5. The van der Waals surface area contributed by atoms with Gasteiger partial charge < -0.3 is 30.9 Å². The lowest BCUT2D eigenvalue weighted by molar-refractivity contribution is -0.138. The highest BCUT2D eigenvalue weighted by atomic mass is 32.2. The molecule has 0 bridgehead atoms. The summed E-state index contributed by atoms with van der Waals surface area (Å²) >= 11 is 1.76. The number of hydrogen-bond acceptors (Lipinski definition) is 7. The lowest BCUT2D eigenvalue weighted by Crippen LogP contribution is -2.35. The molecule has 188 valence electrons. The first-order valence-corrected chi connectivity index (χ1v) is 12.1. The minimum Gasteiger partial charge on any atom is -0.462 e. The Morgan fingerprint density at radius 1 is 1.15 bits per heavy atom. The van der Waals surface area contributed by atoms with Gasteiger partial charge in [0, 0.05) is 29.7 Å². The number of hydrogen-bond donors (Lipinski definition) is 2. The lowest BCUT2D eigenvalue weighted by atomic mass is 10.1. The molecule has 3 heterocycles. The largest absolute Gasteiger partial charge is 0.462 e. The van der Waals surface area contributed by atoms with Crippen LogP contribution < -0.4 is 10.6 Å². The predicted octanol–water partition coefficient (Wildman–Crippen LogP) is 2.83. The lowest BCUT2D eigenvalue weighted by Gasteiger charge is -2.24. The van der Waals surface area contributed by atoms with E-state index in [1.165, 1.54) is 10.5 Å². The molecule has 0 radical (unpaired) electrons. The van der Waals surface area contributed by atoms with Crippen LogP contribution in [0.25, 0.3) is 22.2 Å². The normalized spacial score (nSPS) is 13.7. The van der Waals surface area contributed by atoms with E-state index in [2.05, 4.69) is 73.7 Å². The van der Waals surface area contributed by atoms with E-state index in [0.717, 1.165) is 48.3 Å². The number of piperidine rings is 1. The van der Waals surface area contributed by atoms with Crippen molar-refractivity contribution < 1.29 is 20.5 Å². The molecule has 4 rings (SSSR count). The van der Waals surface area contributed by atoms with E-state index in [4.69, 9.17) is 0 Å². The van der Waals surface area contributed by atoms with Gasteiger partial charge in [-0.2, -0.15) is 0 Å². The molecule has 0 saturated carbocycles. The maximum Gasteiger partial charge on any atom is 0.293 e. The number of nitrogens with one attached hydrogen (secondary N) is 2. The summed E-state index contributed by atoms with van der Waals surface area (Å²) in [5, 5.41) is 7.04. The molecule has 0 aliphatic carbocycles. The number of carbonyl (C=O) groups is 1. The number of nitrogens with zero attached hydrogens (tertiary/aromatic N) is 3. The van der Waals surface area contributed by atoms with E-state index in [1.54, 1.807) is 18.1 Å². The average molecular weight is 492 g/mol. The van der Waals surface area contributed by atoms with Gasteiger partial charge >= 0.3 is 0 Å². The van der Waals surface area contributed by atoms with Crippen LogP contribution in [0.15, 0.2) is 41.7 Å². The standard InChI is InChI=1S/C19H23N5S.C5H10O2.2H2O/c1-24-11-16(13-3-5-15(25-2)6-4-13)17-18(24)19(22-12-21-17)23-14-7-9-20-10-8-14;1-5(2,3)7-4-6;;/h3-6,11-12,14,20H,7-10H2,1-2H3,(H,21,22,23);4H,1-3H3;2*1H2. The number of benzene rings is 1. The van der Waals surface area contributed by atoms with E-state index < -0.39 is 0 Å². The molecule has 1 aliphatic heterocycles. The third-order valence-electron chi connectivity index (χ3n) is 5.24. The Labute approximate surface area is 205 Å². The number of rotatable bonds is 5. The van der Waals surface area contributed by atoms with Gasteiger partial charge in [0.1, 0.15) is 23.0 Å². The Morgan fingerprint density at radius 2 is 1.79 bits per heavy atom. The minimum atomic E-state index is -0.318. The van der Waals surface area contributed by atoms with Gasteiger partial charge in [-0.25, -0.2) is 9.97 Å². The average Bonchev–Trinajstić information content (AvgIpc) is 3.12. The molecule has 3 aromatic rings. The second-order valence-electron chi connectivity index (χ2n) is 8.80. The molecule has 34 heavy (non-hydrogen) atoms. The van der Waals surface area contributed by atoms with Crippen molar-refractivity contribution >= 4 is 35.1 Å². The van der Waals surface area contributed by atoms with E-state index in [-0.39, 0.29) is 16.6 Å². The van der Waals surface area contributed by atoms with E-state index in [9.17, 15) is 4.79 Å². The zero-order valence-electron chi connectivity index (χ0n) is 20.5. The van der Waals surface area contributed by atoms with Crippen molar-refractivity contribution in [2.24, 2.45) is 7.05 Å². The Morgan fingerprint density at radius 3 is 2.32 bits per heavy atom. The monoisotopic (exact) mass is 491 g/mol. The van der Waals surface area contributed by atoms with Crippen LogP contribution in [-0.4, -0.2) is 62.9 Å². The van der Waals surface area contributed by atoms with Crippen LogP contribution in [0, 0.1) is 0 Å². The van der Waals surface area contributed by atoms with Crippen LogP contribution in [0.1, 0.15) is 33.6 Å². The van der Waals surface area contributed by atoms with E-state index >= 15 is 0 Å². The van der Waals surface area contributed by atoms with Gasteiger partial charge in [-0.1, -0.05) is 12.1 Å². The molecule has 0 amide bonds. The zero-order valence-corrected chi connectivity index (χ0v) is 21.3. The highest BCUT2D eigenvalue weighted by Crippen LogP contribution is 2.32. The quantitative estimate of drug-likeness (QED) is 0.412.